The van der Waals surface area contributed by atoms with Crippen molar-refractivity contribution in [2.24, 2.45) is 0 Å². The highest BCUT2D eigenvalue weighted by Gasteiger charge is 2.40. The van der Waals surface area contributed by atoms with Crippen molar-refractivity contribution in [1.29, 1.82) is 0 Å². The Balaban J connectivity index is 1.82. The van der Waals surface area contributed by atoms with E-state index in [-0.39, 0.29) is 0 Å². The van der Waals surface area contributed by atoms with Gasteiger partial charge in [0.05, 0.1) is 0 Å². The SMILES string of the molecule is CC(C)N1CCC(N2CCc3sccc3C2C(=O)O)C1. The predicted molar refractivity (Wildman–Crippen MR) is 80.2 cm³/mol. The Morgan fingerprint density at radius 3 is 2.90 bits per heavy atom. The van der Waals surface area contributed by atoms with Gasteiger partial charge in [-0.05, 0) is 43.7 Å². The predicted octanol–water partition coefficient (Wildman–Crippen LogP) is 2.21. The second-order valence-electron chi connectivity index (χ2n) is 6.06. The molecule has 0 amide bonds. The average Bonchev–Trinajstić information content (AvgIpc) is 3.05. The normalized spacial score (nSPS) is 27.9. The van der Waals surface area contributed by atoms with Crippen LogP contribution in [0.4, 0.5) is 0 Å². The molecule has 0 radical (unpaired) electrons. The first-order valence-corrected chi connectivity index (χ1v) is 8.24. The van der Waals surface area contributed by atoms with Gasteiger partial charge in [0.1, 0.15) is 6.04 Å². The summed E-state index contributed by atoms with van der Waals surface area (Å²) in [6.45, 7) is 7.39. The first kappa shape index (κ1) is 14.0. The van der Waals surface area contributed by atoms with Gasteiger partial charge in [0.2, 0.25) is 0 Å². The number of likely N-dealkylation sites (tertiary alicyclic amines) is 1. The molecule has 3 heterocycles. The number of nitrogens with zero attached hydrogens (tertiary/aromatic N) is 2. The minimum atomic E-state index is -0.702. The van der Waals surface area contributed by atoms with Gasteiger partial charge in [-0.3, -0.25) is 14.6 Å². The lowest BCUT2D eigenvalue weighted by molar-refractivity contribution is -0.145. The molecule has 2 aliphatic rings. The van der Waals surface area contributed by atoms with Crippen LogP contribution in [0.25, 0.3) is 0 Å². The zero-order chi connectivity index (χ0) is 14.3. The van der Waals surface area contributed by atoms with Crippen molar-refractivity contribution >= 4 is 17.3 Å². The zero-order valence-corrected chi connectivity index (χ0v) is 12.9. The second kappa shape index (κ2) is 5.47. The van der Waals surface area contributed by atoms with Crippen LogP contribution < -0.4 is 0 Å². The summed E-state index contributed by atoms with van der Waals surface area (Å²) in [6, 6.07) is 2.48. The Morgan fingerprint density at radius 2 is 2.25 bits per heavy atom. The molecule has 1 saturated heterocycles. The molecule has 1 N–H and O–H groups in total. The maximum absolute atomic E-state index is 11.7. The Hall–Kier alpha value is -0.910. The molecule has 5 heteroatoms. The van der Waals surface area contributed by atoms with Crippen LogP contribution in [0, 0.1) is 0 Å². The maximum Gasteiger partial charge on any atom is 0.325 e. The molecule has 1 fully saturated rings. The third-order valence-electron chi connectivity index (χ3n) is 4.63. The Morgan fingerprint density at radius 1 is 1.45 bits per heavy atom. The van der Waals surface area contributed by atoms with Crippen molar-refractivity contribution in [2.45, 2.75) is 44.8 Å². The molecule has 1 aromatic rings. The Bertz CT molecular complexity index is 500. The van der Waals surface area contributed by atoms with Gasteiger partial charge < -0.3 is 5.11 Å². The number of rotatable bonds is 3. The summed E-state index contributed by atoms with van der Waals surface area (Å²) < 4.78 is 0. The van der Waals surface area contributed by atoms with Gasteiger partial charge in [-0.2, -0.15) is 0 Å². The largest absolute Gasteiger partial charge is 0.480 e. The molecule has 4 nitrogen and oxygen atoms in total. The molecule has 110 valence electrons. The molecule has 0 aromatic carbocycles. The van der Waals surface area contributed by atoms with Crippen molar-refractivity contribution in [3.05, 3.63) is 21.9 Å². The summed E-state index contributed by atoms with van der Waals surface area (Å²) in [7, 11) is 0. The summed E-state index contributed by atoms with van der Waals surface area (Å²) in [5.74, 6) is -0.702. The van der Waals surface area contributed by atoms with Crippen LogP contribution in [0.1, 0.15) is 36.8 Å². The van der Waals surface area contributed by atoms with E-state index in [0.29, 0.717) is 12.1 Å². The number of carbonyl (C=O) groups is 1. The van der Waals surface area contributed by atoms with Crippen LogP contribution in [-0.2, 0) is 11.2 Å². The van der Waals surface area contributed by atoms with Crippen molar-refractivity contribution in [3.8, 4) is 0 Å². The summed E-state index contributed by atoms with van der Waals surface area (Å²) in [4.78, 5) is 17.7. The zero-order valence-electron chi connectivity index (χ0n) is 12.1. The third kappa shape index (κ3) is 2.38. The fourth-order valence-corrected chi connectivity index (χ4v) is 4.42. The number of aliphatic carboxylic acids is 1. The number of hydrogen-bond donors (Lipinski definition) is 1. The standard InChI is InChI=1S/C15H22N2O2S/c1-10(2)16-6-3-11(9-16)17-7-4-13-12(5-8-20-13)14(17)15(18)19/h5,8,10-11,14H,3-4,6-7,9H2,1-2H3,(H,18,19). The van der Waals surface area contributed by atoms with E-state index in [1.807, 2.05) is 11.4 Å². The third-order valence-corrected chi connectivity index (χ3v) is 5.63. The first-order valence-electron chi connectivity index (χ1n) is 7.36. The van der Waals surface area contributed by atoms with E-state index in [4.69, 9.17) is 0 Å². The van der Waals surface area contributed by atoms with E-state index in [2.05, 4.69) is 23.6 Å². The topological polar surface area (TPSA) is 43.8 Å². The van der Waals surface area contributed by atoms with Crippen molar-refractivity contribution in [1.82, 2.24) is 9.80 Å². The molecular weight excluding hydrogens is 272 g/mol. The van der Waals surface area contributed by atoms with E-state index in [0.717, 1.165) is 38.0 Å². The number of hydrogen-bond acceptors (Lipinski definition) is 4. The van der Waals surface area contributed by atoms with Gasteiger partial charge in [-0.15, -0.1) is 11.3 Å². The van der Waals surface area contributed by atoms with E-state index in [1.165, 1.54) is 4.88 Å². The number of carboxylic acid groups (broad SMARTS) is 1. The highest BCUT2D eigenvalue weighted by atomic mass is 32.1. The summed E-state index contributed by atoms with van der Waals surface area (Å²) in [5, 5.41) is 11.7. The van der Waals surface area contributed by atoms with E-state index < -0.39 is 12.0 Å². The second-order valence-corrected chi connectivity index (χ2v) is 7.06. The number of thiophene rings is 1. The highest BCUT2D eigenvalue weighted by Crippen LogP contribution is 2.36. The van der Waals surface area contributed by atoms with Gasteiger partial charge in [0, 0.05) is 36.6 Å². The van der Waals surface area contributed by atoms with Crippen LogP contribution in [0.3, 0.4) is 0 Å². The maximum atomic E-state index is 11.7. The molecular formula is C15H22N2O2S. The lowest BCUT2D eigenvalue weighted by Gasteiger charge is -2.37. The van der Waals surface area contributed by atoms with Crippen LogP contribution >= 0.6 is 11.3 Å². The van der Waals surface area contributed by atoms with Gasteiger partial charge in [0.15, 0.2) is 0 Å². The number of fused-ring (bicyclic) bond motifs is 1. The molecule has 0 spiro atoms. The summed E-state index contributed by atoms with van der Waals surface area (Å²) >= 11 is 1.70. The molecule has 2 atom stereocenters. The van der Waals surface area contributed by atoms with Crippen LogP contribution in [0.15, 0.2) is 11.4 Å². The quantitative estimate of drug-likeness (QED) is 0.928. The lowest BCUT2D eigenvalue weighted by Crippen LogP contribution is -2.47. The smallest absolute Gasteiger partial charge is 0.325 e. The van der Waals surface area contributed by atoms with Crippen LogP contribution in [-0.4, -0.2) is 52.6 Å². The molecule has 0 bridgehead atoms. The van der Waals surface area contributed by atoms with Gasteiger partial charge in [-0.1, -0.05) is 0 Å². The van der Waals surface area contributed by atoms with E-state index >= 15 is 0 Å². The minimum absolute atomic E-state index is 0.381. The fourth-order valence-electron chi connectivity index (χ4n) is 3.51. The monoisotopic (exact) mass is 294 g/mol. The molecule has 2 aliphatic heterocycles. The van der Waals surface area contributed by atoms with Crippen LogP contribution in [0.2, 0.25) is 0 Å². The fraction of sp³-hybridized carbons (Fsp3) is 0.667. The van der Waals surface area contributed by atoms with Gasteiger partial charge >= 0.3 is 5.97 Å². The van der Waals surface area contributed by atoms with Gasteiger partial charge in [-0.25, -0.2) is 0 Å². The molecule has 0 saturated carbocycles. The number of carboxylic acids is 1. The van der Waals surface area contributed by atoms with E-state index in [1.54, 1.807) is 11.3 Å². The lowest BCUT2D eigenvalue weighted by atomic mass is 9.97. The molecule has 1 aromatic heterocycles. The Kier molecular flexibility index (Phi) is 3.84. The summed E-state index contributed by atoms with van der Waals surface area (Å²) in [5.41, 5.74) is 1.02. The minimum Gasteiger partial charge on any atom is -0.480 e. The van der Waals surface area contributed by atoms with Crippen LogP contribution in [0.5, 0.6) is 0 Å². The average molecular weight is 294 g/mol. The highest BCUT2D eigenvalue weighted by molar-refractivity contribution is 7.10. The van der Waals surface area contributed by atoms with Crippen molar-refractivity contribution < 1.29 is 9.90 Å². The van der Waals surface area contributed by atoms with Gasteiger partial charge in [0.25, 0.3) is 0 Å². The molecule has 2 unspecified atom stereocenters. The molecule has 3 rings (SSSR count). The Labute approximate surface area is 124 Å². The van der Waals surface area contributed by atoms with Crippen molar-refractivity contribution in [2.75, 3.05) is 19.6 Å². The first-order chi connectivity index (χ1) is 9.58. The summed E-state index contributed by atoms with van der Waals surface area (Å²) in [6.07, 6.45) is 2.08. The molecule has 20 heavy (non-hydrogen) atoms. The molecule has 0 aliphatic carbocycles. The van der Waals surface area contributed by atoms with Crippen molar-refractivity contribution in [3.63, 3.8) is 0 Å². The van der Waals surface area contributed by atoms with E-state index in [9.17, 15) is 9.90 Å².